The van der Waals surface area contributed by atoms with Crippen LogP contribution in [0, 0.1) is 34.3 Å². The molecule has 4 aromatic heterocycles. The number of nitriles is 2. The van der Waals surface area contributed by atoms with Crippen LogP contribution in [0.5, 0.6) is 0 Å². The summed E-state index contributed by atoms with van der Waals surface area (Å²) in [5, 5.41) is 27.3. The maximum Gasteiger partial charge on any atom is 0.151 e. The Hall–Kier alpha value is -6.48. The molecule has 0 radical (unpaired) electrons. The van der Waals surface area contributed by atoms with Gasteiger partial charge in [-0.1, -0.05) is 60.7 Å². The number of fused-ring (bicyclic) bond motifs is 2. The number of hydrogen-bond donors (Lipinski definition) is 2. The molecule has 0 spiro atoms. The summed E-state index contributed by atoms with van der Waals surface area (Å²) in [6, 6.07) is 33.4. The van der Waals surface area contributed by atoms with E-state index in [2.05, 4.69) is 64.2 Å². The summed E-state index contributed by atoms with van der Waals surface area (Å²) in [5.74, 6) is 0.0622. The average Bonchev–Trinajstić information content (AvgIpc) is 3.76. The fraction of sp³-hybridized carbons (Fsp3) is 0.0500. The van der Waals surface area contributed by atoms with E-state index in [1.807, 2.05) is 12.1 Å². The summed E-state index contributed by atoms with van der Waals surface area (Å²) in [6.45, 7) is 0. The molecule has 10 nitrogen and oxygen atoms in total. The van der Waals surface area contributed by atoms with Gasteiger partial charge in [0.15, 0.2) is 5.82 Å². The highest BCUT2D eigenvalue weighted by atomic mass is 79.9. The van der Waals surface area contributed by atoms with Crippen molar-refractivity contribution in [1.82, 2.24) is 29.2 Å². The van der Waals surface area contributed by atoms with Gasteiger partial charge in [0.25, 0.3) is 0 Å². The Balaban J connectivity index is 0.000000167. The number of rotatable bonds is 6. The van der Waals surface area contributed by atoms with E-state index in [-0.39, 0.29) is 11.6 Å². The molecule has 4 aromatic carbocycles. The van der Waals surface area contributed by atoms with Gasteiger partial charge in [0.2, 0.25) is 0 Å². The van der Waals surface area contributed by atoms with E-state index in [1.165, 1.54) is 12.1 Å². The Kier molecular flexibility index (Phi) is 10.1. The van der Waals surface area contributed by atoms with E-state index in [0.717, 1.165) is 11.1 Å². The van der Waals surface area contributed by atoms with Crippen molar-refractivity contribution in [3.63, 3.8) is 0 Å². The third-order valence-electron chi connectivity index (χ3n) is 8.48. The molecule has 54 heavy (non-hydrogen) atoms. The third-order valence-corrected chi connectivity index (χ3v) is 10.0. The number of halogens is 4. The van der Waals surface area contributed by atoms with Crippen LogP contribution in [0.1, 0.15) is 33.6 Å². The molecule has 0 saturated heterocycles. The molecule has 4 N–H and O–H groups in total. The van der Waals surface area contributed by atoms with Crippen LogP contribution in [0.2, 0.25) is 0 Å². The number of nitrogens with zero attached hydrogens (tertiary/aromatic N) is 8. The number of benzene rings is 4. The van der Waals surface area contributed by atoms with E-state index < -0.39 is 0 Å². The van der Waals surface area contributed by atoms with Crippen LogP contribution in [0.15, 0.2) is 118 Å². The minimum Gasteiger partial charge on any atom is -0.382 e. The summed E-state index contributed by atoms with van der Waals surface area (Å²) in [7, 11) is 0. The van der Waals surface area contributed by atoms with Gasteiger partial charge >= 0.3 is 0 Å². The van der Waals surface area contributed by atoms with Gasteiger partial charge in [-0.15, -0.1) is 0 Å². The quantitative estimate of drug-likeness (QED) is 0.168. The summed E-state index contributed by atoms with van der Waals surface area (Å²) < 4.78 is 32.5. The van der Waals surface area contributed by atoms with Crippen LogP contribution < -0.4 is 11.5 Å². The lowest BCUT2D eigenvalue weighted by molar-refractivity contribution is 0.612. The Morgan fingerprint density at radius 3 is 1.94 bits per heavy atom. The Morgan fingerprint density at radius 1 is 0.685 bits per heavy atom. The van der Waals surface area contributed by atoms with Crippen molar-refractivity contribution in [3.8, 4) is 34.7 Å². The van der Waals surface area contributed by atoms with Gasteiger partial charge in [0.1, 0.15) is 38.8 Å². The molecule has 0 aliphatic carbocycles. The highest BCUT2D eigenvalue weighted by molar-refractivity contribution is 9.11. The van der Waals surface area contributed by atoms with Gasteiger partial charge in [0, 0.05) is 24.0 Å². The maximum absolute atomic E-state index is 14.0. The van der Waals surface area contributed by atoms with Crippen LogP contribution in [-0.4, -0.2) is 29.2 Å². The first-order valence-corrected chi connectivity index (χ1v) is 17.9. The highest BCUT2D eigenvalue weighted by Gasteiger charge is 2.18. The number of nitrogens with two attached hydrogens (primary N) is 2. The van der Waals surface area contributed by atoms with Crippen molar-refractivity contribution < 1.29 is 8.78 Å². The molecule has 14 heteroatoms. The first-order valence-electron chi connectivity index (χ1n) is 16.3. The molecular weight excluding hydrogens is 818 g/mol. The molecule has 0 aliphatic rings. The van der Waals surface area contributed by atoms with Crippen molar-refractivity contribution in [2.45, 2.75) is 12.8 Å². The van der Waals surface area contributed by atoms with E-state index in [9.17, 15) is 8.78 Å². The molecule has 0 saturated carbocycles. The number of nitrogen functional groups attached to an aromatic ring is 2. The lowest BCUT2D eigenvalue weighted by atomic mass is 10.1. The zero-order chi connectivity index (χ0) is 37.9. The first-order chi connectivity index (χ1) is 26.1. The van der Waals surface area contributed by atoms with Crippen molar-refractivity contribution in [3.05, 3.63) is 164 Å². The monoisotopic (exact) mass is 842 g/mol. The third kappa shape index (κ3) is 7.25. The largest absolute Gasteiger partial charge is 0.382 e. The van der Waals surface area contributed by atoms with Crippen molar-refractivity contribution in [2.24, 2.45) is 0 Å². The SMILES string of the molecule is N#Cc1cccc(-c2cn3nc(Cc4ccccc4F)c(Br)c3c(N)n2)c1.N#Cc1cccc(-c2nc(N)c3cc(Cc4ccccc4F)nn3c2Br)c1. The fourth-order valence-corrected chi connectivity index (χ4v) is 7.06. The smallest absolute Gasteiger partial charge is 0.151 e. The van der Waals surface area contributed by atoms with Gasteiger partial charge in [0.05, 0.1) is 51.0 Å². The number of anilines is 2. The molecule has 0 fully saturated rings. The van der Waals surface area contributed by atoms with E-state index in [1.54, 1.807) is 94.1 Å². The predicted octanol–water partition coefficient (Wildman–Crippen LogP) is 8.69. The Morgan fingerprint density at radius 2 is 1.30 bits per heavy atom. The molecular formula is C40H26Br2F2N10. The summed E-state index contributed by atoms with van der Waals surface area (Å²) >= 11 is 7.06. The molecule has 4 heterocycles. The van der Waals surface area contributed by atoms with Gasteiger partial charge in [-0.25, -0.2) is 27.8 Å². The summed E-state index contributed by atoms with van der Waals surface area (Å²) in [5.41, 5.74) is 19.8. The van der Waals surface area contributed by atoms with Crippen LogP contribution >= 0.6 is 31.9 Å². The Labute approximate surface area is 324 Å². The summed E-state index contributed by atoms with van der Waals surface area (Å²) in [4.78, 5) is 8.92. The minimum absolute atomic E-state index is 0.270. The zero-order valence-corrected chi connectivity index (χ0v) is 31.2. The summed E-state index contributed by atoms with van der Waals surface area (Å²) in [6.07, 6.45) is 2.42. The lowest BCUT2D eigenvalue weighted by Crippen LogP contribution is -2.02. The molecule has 0 atom stereocenters. The molecule has 0 unspecified atom stereocenters. The molecule has 0 amide bonds. The zero-order valence-electron chi connectivity index (χ0n) is 28.1. The van der Waals surface area contributed by atoms with E-state index in [4.69, 9.17) is 22.0 Å². The van der Waals surface area contributed by atoms with Crippen molar-refractivity contribution in [1.29, 1.82) is 10.5 Å². The van der Waals surface area contributed by atoms with E-state index >= 15 is 0 Å². The first kappa shape index (κ1) is 35.9. The van der Waals surface area contributed by atoms with Gasteiger partial charge in [-0.05, 0) is 85.5 Å². The standard InChI is InChI=1S/2C20H13BrFN5/c21-19-18(14-6-3-4-12(8-14)11-23)25-20(24)17-10-15(26-27(17)19)9-13-5-1-2-7-16(13)22;21-18-16(9-13-5-1-2-7-15(13)22)26-27-11-17(25-20(24)19(18)27)14-6-3-4-12(8-14)10-23/h1-8,10H,9H2,(H2,24,25);1-8,11H,9H2,(H2,24,25). The van der Waals surface area contributed by atoms with Crippen LogP contribution in [0.3, 0.4) is 0 Å². The van der Waals surface area contributed by atoms with Gasteiger partial charge in [-0.2, -0.15) is 20.7 Å². The Bertz CT molecular complexity index is 2800. The average molecular weight is 845 g/mol. The number of hydrogen-bond acceptors (Lipinski definition) is 8. The second kappa shape index (κ2) is 15.2. The molecule has 0 aliphatic heterocycles. The second-order valence-corrected chi connectivity index (χ2v) is 13.6. The fourth-order valence-electron chi connectivity index (χ4n) is 5.86. The molecule has 264 valence electrons. The molecule has 0 bridgehead atoms. The highest BCUT2D eigenvalue weighted by Crippen LogP contribution is 2.32. The van der Waals surface area contributed by atoms with Crippen LogP contribution in [0.4, 0.5) is 20.4 Å². The second-order valence-electron chi connectivity index (χ2n) is 12.1. The number of aromatic nitrogens is 6. The lowest BCUT2D eigenvalue weighted by Gasteiger charge is -2.08. The van der Waals surface area contributed by atoms with Crippen molar-refractivity contribution in [2.75, 3.05) is 11.5 Å². The minimum atomic E-state index is -0.276. The molecule has 8 rings (SSSR count). The maximum atomic E-state index is 14.0. The predicted molar refractivity (Wildman–Crippen MR) is 209 cm³/mol. The van der Waals surface area contributed by atoms with Crippen molar-refractivity contribution >= 4 is 54.5 Å². The van der Waals surface area contributed by atoms with E-state index in [0.29, 0.717) is 89.6 Å². The molecule has 8 aromatic rings. The van der Waals surface area contributed by atoms with Gasteiger partial charge in [-0.3, -0.25) is 0 Å². The normalized spacial score (nSPS) is 10.9. The van der Waals surface area contributed by atoms with Crippen LogP contribution in [0.25, 0.3) is 33.5 Å². The topological polar surface area (TPSA) is 160 Å². The van der Waals surface area contributed by atoms with Gasteiger partial charge < -0.3 is 11.5 Å². The van der Waals surface area contributed by atoms with Crippen LogP contribution in [-0.2, 0) is 12.8 Å².